The third-order valence-electron chi connectivity index (χ3n) is 9.60. The largest absolute Gasteiger partial charge is 0.478 e. The summed E-state index contributed by atoms with van der Waals surface area (Å²) in [5.41, 5.74) is 3.47. The van der Waals surface area contributed by atoms with Gasteiger partial charge in [0, 0.05) is 18.6 Å². The summed E-state index contributed by atoms with van der Waals surface area (Å²) < 4.78 is 39.2. The number of nitrogens with zero attached hydrogens (tertiary/aromatic N) is 1. The molecule has 2 heterocycles. The predicted octanol–water partition coefficient (Wildman–Crippen LogP) is 8.91. The fraction of sp³-hybridized carbons (Fsp3) is 0.237. The predicted molar refractivity (Wildman–Crippen MR) is 169 cm³/mol. The van der Waals surface area contributed by atoms with Gasteiger partial charge in [-0.2, -0.15) is 13.2 Å². The fourth-order valence-corrected chi connectivity index (χ4v) is 7.33. The summed E-state index contributed by atoms with van der Waals surface area (Å²) in [5.74, 6) is -1.07. The van der Waals surface area contributed by atoms with Crippen LogP contribution in [0.4, 0.5) is 13.2 Å². The van der Waals surface area contributed by atoms with Crippen LogP contribution in [0.3, 0.4) is 0 Å². The van der Waals surface area contributed by atoms with Crippen molar-refractivity contribution in [3.05, 3.63) is 131 Å². The highest BCUT2D eigenvalue weighted by Crippen LogP contribution is 2.47. The molecule has 0 spiro atoms. The average Bonchev–Trinajstić information content (AvgIpc) is 3.28. The Balaban J connectivity index is 1.17. The first-order chi connectivity index (χ1) is 21.6. The zero-order chi connectivity index (χ0) is 31.3. The van der Waals surface area contributed by atoms with Crippen molar-refractivity contribution in [2.75, 3.05) is 0 Å². The van der Waals surface area contributed by atoms with Crippen molar-refractivity contribution in [3.8, 4) is 22.3 Å². The molecule has 7 rings (SSSR count). The van der Waals surface area contributed by atoms with Crippen LogP contribution in [-0.4, -0.2) is 33.2 Å². The molecule has 2 aliphatic rings. The average molecular weight is 608 g/mol. The van der Waals surface area contributed by atoms with E-state index in [9.17, 15) is 28.2 Å². The smallest absolute Gasteiger partial charge is 0.416 e. The number of benzene rings is 5. The topological polar surface area (TPSA) is 60.8 Å². The fourth-order valence-electron chi connectivity index (χ4n) is 7.33. The maximum Gasteiger partial charge on any atom is 0.416 e. The highest BCUT2D eigenvalue weighted by molar-refractivity contribution is 6.04. The SMILES string of the molecule is O=C(O)c1cc(-c2ccc(C3(O)C[C@H]4CC[C@@H](C3)N4Cc3ccccc3)cc2)c2ccc(-c3ccc(C(F)(F)F)cc3)cc2c1. The van der Waals surface area contributed by atoms with Gasteiger partial charge in [-0.05, 0) is 100 Å². The van der Waals surface area contributed by atoms with Gasteiger partial charge in [0.1, 0.15) is 0 Å². The maximum absolute atomic E-state index is 13.1. The van der Waals surface area contributed by atoms with Gasteiger partial charge in [0.05, 0.1) is 16.7 Å². The molecule has 2 N–H and O–H groups in total. The second-order valence-electron chi connectivity index (χ2n) is 12.4. The standard InChI is InChI=1S/C38H32F3NO3/c39-38(40,41)31-13-6-25(7-14-31)27-10-17-34-28(18-27)19-29(36(43)44)20-35(34)26-8-11-30(12-9-26)37(45)21-32-15-16-33(22-37)42(32)23-24-4-2-1-3-5-24/h1-14,17-20,32-33,45H,15-16,21-23H2,(H,43,44)/t32-,33+,37?. The van der Waals surface area contributed by atoms with Gasteiger partial charge in [0.2, 0.25) is 0 Å². The number of aliphatic hydroxyl groups is 1. The second-order valence-corrected chi connectivity index (χ2v) is 12.4. The third kappa shape index (κ3) is 5.62. The van der Waals surface area contributed by atoms with Crippen LogP contribution < -0.4 is 0 Å². The van der Waals surface area contributed by atoms with Crippen LogP contribution in [0.25, 0.3) is 33.0 Å². The molecular formula is C38H32F3NO3. The van der Waals surface area contributed by atoms with Gasteiger partial charge in [-0.1, -0.05) is 78.9 Å². The summed E-state index contributed by atoms with van der Waals surface area (Å²) in [5, 5.41) is 23.3. The van der Waals surface area contributed by atoms with Crippen LogP contribution in [0.2, 0.25) is 0 Å². The molecule has 7 heteroatoms. The lowest BCUT2D eigenvalue weighted by Crippen LogP contribution is -2.49. The minimum absolute atomic E-state index is 0.118. The van der Waals surface area contributed by atoms with Crippen molar-refractivity contribution in [2.45, 2.75) is 56.1 Å². The Labute approximate surface area is 259 Å². The molecule has 4 nitrogen and oxygen atoms in total. The van der Waals surface area contributed by atoms with E-state index in [1.807, 2.05) is 48.5 Å². The summed E-state index contributed by atoms with van der Waals surface area (Å²) in [6, 6.07) is 32.6. The minimum Gasteiger partial charge on any atom is -0.478 e. The number of carboxylic acid groups (broad SMARTS) is 1. The molecule has 0 amide bonds. The number of hydrogen-bond acceptors (Lipinski definition) is 3. The van der Waals surface area contributed by atoms with Gasteiger partial charge in [0.15, 0.2) is 0 Å². The van der Waals surface area contributed by atoms with Crippen molar-refractivity contribution < 1.29 is 28.2 Å². The van der Waals surface area contributed by atoms with Crippen molar-refractivity contribution >= 4 is 16.7 Å². The molecule has 0 aromatic heterocycles. The molecule has 5 aromatic rings. The highest BCUT2D eigenvalue weighted by Gasteiger charge is 2.48. The van der Waals surface area contributed by atoms with Gasteiger partial charge < -0.3 is 10.2 Å². The summed E-state index contributed by atoms with van der Waals surface area (Å²) in [7, 11) is 0. The molecule has 228 valence electrons. The molecule has 0 aliphatic carbocycles. The molecule has 45 heavy (non-hydrogen) atoms. The number of piperidine rings is 1. The van der Waals surface area contributed by atoms with Crippen LogP contribution in [0.1, 0.15) is 52.7 Å². The number of alkyl halides is 3. The molecule has 5 aromatic carbocycles. The third-order valence-corrected chi connectivity index (χ3v) is 9.60. The Hall–Kier alpha value is -4.46. The van der Waals surface area contributed by atoms with Gasteiger partial charge >= 0.3 is 12.1 Å². The van der Waals surface area contributed by atoms with E-state index in [1.165, 1.54) is 17.7 Å². The number of hydrogen-bond donors (Lipinski definition) is 2. The van der Waals surface area contributed by atoms with E-state index in [4.69, 9.17) is 0 Å². The lowest BCUT2D eigenvalue weighted by Gasteiger charge is -2.44. The zero-order valence-corrected chi connectivity index (χ0v) is 24.5. The van der Waals surface area contributed by atoms with Crippen molar-refractivity contribution in [3.63, 3.8) is 0 Å². The first-order valence-corrected chi connectivity index (χ1v) is 15.2. The van der Waals surface area contributed by atoms with Crippen LogP contribution in [-0.2, 0) is 18.3 Å². The lowest BCUT2D eigenvalue weighted by molar-refractivity contribution is -0.137. The van der Waals surface area contributed by atoms with E-state index < -0.39 is 23.3 Å². The molecule has 0 saturated carbocycles. The molecule has 2 fully saturated rings. The Morgan fingerprint density at radius 2 is 1.40 bits per heavy atom. The van der Waals surface area contributed by atoms with E-state index in [0.717, 1.165) is 53.6 Å². The molecule has 1 unspecified atom stereocenters. The Morgan fingerprint density at radius 3 is 2.02 bits per heavy atom. The molecule has 0 radical (unpaired) electrons. The van der Waals surface area contributed by atoms with E-state index in [0.29, 0.717) is 41.4 Å². The van der Waals surface area contributed by atoms with Crippen molar-refractivity contribution in [1.29, 1.82) is 0 Å². The lowest BCUT2D eigenvalue weighted by atomic mass is 9.80. The van der Waals surface area contributed by atoms with Gasteiger partial charge in [-0.3, -0.25) is 4.90 Å². The Bertz CT molecular complexity index is 1850. The number of rotatable bonds is 6. The number of carbonyl (C=O) groups is 1. The summed E-state index contributed by atoms with van der Waals surface area (Å²) in [6.07, 6.45) is -0.946. The first-order valence-electron chi connectivity index (χ1n) is 15.2. The van der Waals surface area contributed by atoms with E-state index >= 15 is 0 Å². The summed E-state index contributed by atoms with van der Waals surface area (Å²) in [6.45, 7) is 0.888. The van der Waals surface area contributed by atoms with Crippen LogP contribution in [0.15, 0.2) is 109 Å². The first kappa shape index (κ1) is 29.3. The minimum atomic E-state index is -4.42. The van der Waals surface area contributed by atoms with Crippen LogP contribution in [0.5, 0.6) is 0 Å². The summed E-state index contributed by atoms with van der Waals surface area (Å²) >= 11 is 0. The molecule has 2 bridgehead atoms. The zero-order valence-electron chi connectivity index (χ0n) is 24.5. The van der Waals surface area contributed by atoms with E-state index in [-0.39, 0.29) is 5.56 Å². The number of carboxylic acids is 1. The van der Waals surface area contributed by atoms with E-state index in [1.54, 1.807) is 12.1 Å². The summed E-state index contributed by atoms with van der Waals surface area (Å²) in [4.78, 5) is 14.6. The van der Waals surface area contributed by atoms with Gasteiger partial charge in [-0.25, -0.2) is 4.79 Å². The molecule has 2 saturated heterocycles. The molecule has 3 atom stereocenters. The molecular weight excluding hydrogens is 575 g/mol. The normalized spacial score (nSPS) is 21.7. The van der Waals surface area contributed by atoms with Gasteiger partial charge in [-0.15, -0.1) is 0 Å². The quantitative estimate of drug-likeness (QED) is 0.202. The second kappa shape index (κ2) is 11.2. The van der Waals surface area contributed by atoms with Crippen molar-refractivity contribution in [2.24, 2.45) is 0 Å². The Kier molecular flexibility index (Phi) is 7.26. The number of halogens is 3. The number of fused-ring (bicyclic) bond motifs is 3. The van der Waals surface area contributed by atoms with Gasteiger partial charge in [0.25, 0.3) is 0 Å². The Morgan fingerprint density at radius 1 is 0.778 bits per heavy atom. The van der Waals surface area contributed by atoms with Crippen LogP contribution >= 0.6 is 0 Å². The van der Waals surface area contributed by atoms with Crippen molar-refractivity contribution in [1.82, 2.24) is 4.90 Å². The van der Waals surface area contributed by atoms with E-state index in [2.05, 4.69) is 29.2 Å². The monoisotopic (exact) mass is 607 g/mol. The highest BCUT2D eigenvalue weighted by atomic mass is 19.4. The molecule has 2 aliphatic heterocycles. The van der Waals surface area contributed by atoms with Crippen LogP contribution in [0, 0.1) is 0 Å². The maximum atomic E-state index is 13.1. The number of aromatic carboxylic acids is 1.